The highest BCUT2D eigenvalue weighted by molar-refractivity contribution is 5.48. The molecule has 0 aliphatic carbocycles. The Morgan fingerprint density at radius 2 is 2.00 bits per heavy atom. The second-order valence-electron chi connectivity index (χ2n) is 3.94. The van der Waals surface area contributed by atoms with E-state index in [1.807, 2.05) is 0 Å². The Morgan fingerprint density at radius 3 is 2.65 bits per heavy atom. The van der Waals surface area contributed by atoms with Gasteiger partial charge in [-0.25, -0.2) is 0 Å². The van der Waals surface area contributed by atoms with Gasteiger partial charge in [-0.2, -0.15) is 0 Å². The summed E-state index contributed by atoms with van der Waals surface area (Å²) in [4.78, 5) is 3.95. The first-order valence-electron chi connectivity index (χ1n) is 5.66. The van der Waals surface area contributed by atoms with E-state index in [-0.39, 0.29) is 11.5 Å². The third kappa shape index (κ3) is 4.34. The molecule has 0 saturated heterocycles. The van der Waals surface area contributed by atoms with Crippen molar-refractivity contribution in [3.63, 3.8) is 0 Å². The molecule has 0 saturated carbocycles. The second kappa shape index (κ2) is 5.68. The van der Waals surface area contributed by atoms with Gasteiger partial charge in [0.1, 0.15) is 11.5 Å². The molecule has 0 atom stereocenters. The van der Waals surface area contributed by atoms with E-state index < -0.39 is 6.36 Å². The number of hydrogen-bond donors (Lipinski definition) is 2. The summed E-state index contributed by atoms with van der Waals surface area (Å²) < 4.78 is 40.1. The lowest BCUT2D eigenvalue weighted by Gasteiger charge is -2.11. The quantitative estimate of drug-likeness (QED) is 0.904. The lowest BCUT2D eigenvalue weighted by atomic mass is 10.3. The van der Waals surface area contributed by atoms with Crippen LogP contribution in [-0.2, 0) is 6.54 Å². The number of anilines is 1. The molecule has 4 nitrogen and oxygen atoms in total. The predicted octanol–water partition coefficient (Wildman–Crippen LogP) is 3.30. The minimum Gasteiger partial charge on any atom is -0.506 e. The zero-order valence-electron chi connectivity index (χ0n) is 10.2. The number of aromatic hydroxyl groups is 1. The molecule has 0 aliphatic rings. The molecule has 0 spiro atoms. The highest BCUT2D eigenvalue weighted by Gasteiger charge is 2.31. The highest BCUT2D eigenvalue weighted by atomic mass is 19.4. The number of alkyl halides is 3. The van der Waals surface area contributed by atoms with E-state index in [1.165, 1.54) is 30.5 Å². The normalized spacial score (nSPS) is 11.2. The Kier molecular flexibility index (Phi) is 3.97. The van der Waals surface area contributed by atoms with Crippen molar-refractivity contribution in [1.29, 1.82) is 0 Å². The van der Waals surface area contributed by atoms with Crippen molar-refractivity contribution in [2.75, 3.05) is 5.32 Å². The van der Waals surface area contributed by atoms with Gasteiger partial charge in [-0.1, -0.05) is 6.07 Å². The fraction of sp³-hybridized carbons (Fsp3) is 0.154. The summed E-state index contributed by atoms with van der Waals surface area (Å²) in [6.07, 6.45) is -3.42. The van der Waals surface area contributed by atoms with E-state index in [0.29, 0.717) is 17.9 Å². The third-order valence-electron chi connectivity index (χ3n) is 2.35. The van der Waals surface area contributed by atoms with Crippen LogP contribution in [0.1, 0.15) is 5.69 Å². The summed E-state index contributed by atoms with van der Waals surface area (Å²) in [6.45, 7) is 0.315. The fourth-order valence-corrected chi connectivity index (χ4v) is 1.52. The first-order valence-corrected chi connectivity index (χ1v) is 5.66. The van der Waals surface area contributed by atoms with Crippen LogP contribution in [0.5, 0.6) is 11.5 Å². The molecule has 1 aromatic heterocycles. The molecule has 2 aromatic rings. The molecular formula is C13H11F3N2O2. The van der Waals surface area contributed by atoms with Gasteiger partial charge in [0.2, 0.25) is 0 Å². The maximum Gasteiger partial charge on any atom is 0.573 e. The van der Waals surface area contributed by atoms with E-state index in [9.17, 15) is 13.2 Å². The molecule has 1 heterocycles. The number of pyridine rings is 1. The number of halogens is 3. The zero-order chi connectivity index (χ0) is 14.6. The fourth-order valence-electron chi connectivity index (χ4n) is 1.52. The highest BCUT2D eigenvalue weighted by Crippen LogP contribution is 2.25. The van der Waals surface area contributed by atoms with Crippen LogP contribution in [0.3, 0.4) is 0 Å². The van der Waals surface area contributed by atoms with Gasteiger partial charge in [0.25, 0.3) is 0 Å². The van der Waals surface area contributed by atoms with E-state index in [1.54, 1.807) is 12.1 Å². The smallest absolute Gasteiger partial charge is 0.506 e. The molecule has 1 aromatic carbocycles. The minimum absolute atomic E-state index is 0.0503. The predicted molar refractivity (Wildman–Crippen MR) is 66.4 cm³/mol. The summed E-state index contributed by atoms with van der Waals surface area (Å²) >= 11 is 0. The van der Waals surface area contributed by atoms with E-state index in [4.69, 9.17) is 5.11 Å². The topological polar surface area (TPSA) is 54.4 Å². The van der Waals surface area contributed by atoms with Gasteiger partial charge in [0.05, 0.1) is 18.4 Å². The lowest BCUT2D eigenvalue weighted by Crippen LogP contribution is -2.17. The van der Waals surface area contributed by atoms with Crippen LogP contribution in [-0.4, -0.2) is 16.5 Å². The molecule has 2 rings (SSSR count). The maximum absolute atomic E-state index is 12.1. The molecule has 0 fully saturated rings. The van der Waals surface area contributed by atoms with Crippen LogP contribution in [0.4, 0.5) is 18.9 Å². The number of aromatic nitrogens is 1. The van der Waals surface area contributed by atoms with Gasteiger partial charge in [-0.3, -0.25) is 4.98 Å². The molecule has 20 heavy (non-hydrogen) atoms. The monoisotopic (exact) mass is 284 g/mol. The van der Waals surface area contributed by atoms with Crippen molar-refractivity contribution in [3.05, 3.63) is 48.3 Å². The van der Waals surface area contributed by atoms with Crippen molar-refractivity contribution in [2.24, 2.45) is 0 Å². The lowest BCUT2D eigenvalue weighted by molar-refractivity contribution is -0.274. The molecule has 0 radical (unpaired) electrons. The van der Waals surface area contributed by atoms with Crippen molar-refractivity contribution < 1.29 is 23.0 Å². The van der Waals surface area contributed by atoms with E-state index in [0.717, 1.165) is 0 Å². The number of hydrogen-bond acceptors (Lipinski definition) is 4. The Balaban J connectivity index is 1.99. The van der Waals surface area contributed by atoms with Crippen molar-refractivity contribution in [1.82, 2.24) is 4.98 Å². The number of benzene rings is 1. The Bertz CT molecular complexity index is 571. The SMILES string of the molecule is Oc1ccc(CNc2cccc(OC(F)(F)F)c2)nc1. The summed E-state index contributed by atoms with van der Waals surface area (Å²) in [5.74, 6) is -0.240. The van der Waals surface area contributed by atoms with Gasteiger partial charge in [0, 0.05) is 11.8 Å². The largest absolute Gasteiger partial charge is 0.573 e. The molecule has 106 valence electrons. The Morgan fingerprint density at radius 1 is 1.20 bits per heavy atom. The summed E-state index contributed by atoms with van der Waals surface area (Å²) in [5, 5.41) is 12.0. The van der Waals surface area contributed by atoms with Gasteiger partial charge >= 0.3 is 6.36 Å². The minimum atomic E-state index is -4.71. The molecule has 7 heteroatoms. The summed E-state index contributed by atoms with van der Waals surface area (Å²) in [7, 11) is 0. The second-order valence-corrected chi connectivity index (χ2v) is 3.94. The number of nitrogens with zero attached hydrogens (tertiary/aromatic N) is 1. The van der Waals surface area contributed by atoms with E-state index in [2.05, 4.69) is 15.0 Å². The molecule has 0 unspecified atom stereocenters. The first-order chi connectivity index (χ1) is 9.42. The van der Waals surface area contributed by atoms with Crippen LogP contribution in [0.2, 0.25) is 0 Å². The van der Waals surface area contributed by atoms with Crippen LogP contribution < -0.4 is 10.1 Å². The number of nitrogens with one attached hydrogen (secondary N) is 1. The Labute approximate surface area is 112 Å². The summed E-state index contributed by atoms with van der Waals surface area (Å²) in [5.41, 5.74) is 1.12. The van der Waals surface area contributed by atoms with Gasteiger partial charge in [-0.05, 0) is 24.3 Å². The Hall–Kier alpha value is -2.44. The van der Waals surface area contributed by atoms with Gasteiger partial charge < -0.3 is 15.2 Å². The van der Waals surface area contributed by atoms with Crippen molar-refractivity contribution >= 4 is 5.69 Å². The van der Waals surface area contributed by atoms with Crippen LogP contribution >= 0.6 is 0 Å². The van der Waals surface area contributed by atoms with Crippen molar-refractivity contribution in [3.8, 4) is 11.5 Å². The van der Waals surface area contributed by atoms with Crippen LogP contribution in [0.25, 0.3) is 0 Å². The first kappa shape index (κ1) is 14.0. The molecule has 0 aliphatic heterocycles. The average molecular weight is 284 g/mol. The molecular weight excluding hydrogens is 273 g/mol. The average Bonchev–Trinajstić information content (AvgIpc) is 2.36. The number of ether oxygens (including phenoxy) is 1. The van der Waals surface area contributed by atoms with E-state index >= 15 is 0 Å². The molecule has 0 amide bonds. The number of rotatable bonds is 4. The van der Waals surface area contributed by atoms with Crippen LogP contribution in [0, 0.1) is 0 Å². The molecule has 0 bridgehead atoms. The van der Waals surface area contributed by atoms with Crippen molar-refractivity contribution in [2.45, 2.75) is 12.9 Å². The van der Waals surface area contributed by atoms with Gasteiger partial charge in [-0.15, -0.1) is 13.2 Å². The standard InChI is InChI=1S/C13H11F3N2O2/c14-13(15,16)20-12-3-1-2-9(6-12)17-7-10-4-5-11(19)8-18-10/h1-6,8,17,19H,7H2. The molecule has 2 N–H and O–H groups in total. The third-order valence-corrected chi connectivity index (χ3v) is 2.35. The maximum atomic E-state index is 12.1. The van der Waals surface area contributed by atoms with Gasteiger partial charge in [0.15, 0.2) is 0 Å². The summed E-state index contributed by atoms with van der Waals surface area (Å²) in [6, 6.07) is 8.62. The zero-order valence-corrected chi connectivity index (χ0v) is 10.2. The van der Waals surface area contributed by atoms with Crippen LogP contribution in [0.15, 0.2) is 42.6 Å².